The normalized spacial score (nSPS) is 10.4. The number of carbonyl (C=O) groups is 1. The quantitative estimate of drug-likeness (QED) is 0.144. The molecule has 0 saturated heterocycles. The van der Waals surface area contributed by atoms with Crippen molar-refractivity contribution in [2.24, 2.45) is 0 Å². The van der Waals surface area contributed by atoms with E-state index in [1.54, 1.807) is 6.19 Å². The van der Waals surface area contributed by atoms with E-state index in [-0.39, 0.29) is 19.9 Å². The molecule has 0 aromatic heterocycles. The third kappa shape index (κ3) is 19.4. The fourth-order valence-electron chi connectivity index (χ4n) is 2.76. The fourth-order valence-corrected chi connectivity index (χ4v) is 3.34. The number of nitrogens with one attached hydrogen (secondary N) is 1. The van der Waals surface area contributed by atoms with Crippen molar-refractivity contribution in [3.8, 4) is 6.19 Å². The molecule has 0 aliphatic rings. The molecule has 0 aromatic carbocycles. The van der Waals surface area contributed by atoms with Gasteiger partial charge in [-0.15, -0.1) is 0 Å². The van der Waals surface area contributed by atoms with E-state index in [4.69, 9.17) is 5.26 Å². The summed E-state index contributed by atoms with van der Waals surface area (Å²) < 4.78 is 2.62. The predicted molar refractivity (Wildman–Crippen MR) is 93.3 cm³/mol. The molecule has 0 heterocycles. The van der Waals surface area contributed by atoms with Gasteiger partial charge in [-0.05, 0) is 0 Å². The minimum absolute atomic E-state index is 0.0626. The van der Waals surface area contributed by atoms with Crippen molar-refractivity contribution in [3.63, 3.8) is 0 Å². The Balaban J connectivity index is 3.05. The Bertz CT molecular complexity index is 302. The number of rotatable bonds is 18. The molecule has 0 atom stereocenters. The van der Waals surface area contributed by atoms with Crippen molar-refractivity contribution in [2.75, 3.05) is 0 Å². The average Bonchev–Trinajstić information content (AvgIpc) is 2.56. The van der Waals surface area contributed by atoms with E-state index in [1.165, 1.54) is 83.5 Å². The molecule has 0 saturated carbocycles. The second kappa shape index (κ2) is 19.5. The second-order valence-corrected chi connectivity index (χ2v) is 7.60. The zero-order valence-corrected chi connectivity index (χ0v) is 16.2. The molecule has 0 fully saturated rings. The molecule has 0 radical (unpaired) electrons. The zero-order valence-electron chi connectivity index (χ0n) is 15.0. The minimum atomic E-state index is -0.0626. The van der Waals surface area contributed by atoms with Gasteiger partial charge in [0.05, 0.1) is 0 Å². The van der Waals surface area contributed by atoms with Gasteiger partial charge in [0.2, 0.25) is 0 Å². The molecule has 3 nitrogen and oxygen atoms in total. The van der Waals surface area contributed by atoms with E-state index >= 15 is 0 Å². The van der Waals surface area contributed by atoms with Crippen LogP contribution in [-0.2, 0) is 20.0 Å². The summed E-state index contributed by atoms with van der Waals surface area (Å²) in [6, 6.07) is 0. The third-order valence-corrected chi connectivity index (χ3v) is 5.08. The Morgan fingerprint density at radius 3 is 1.57 bits per heavy atom. The first-order valence-corrected chi connectivity index (χ1v) is 10.8. The summed E-state index contributed by atoms with van der Waals surface area (Å²) >= 11 is -0.0626. The molecule has 0 unspecified atom stereocenters. The second-order valence-electron chi connectivity index (χ2n) is 6.36. The molecule has 0 aromatic rings. The van der Waals surface area contributed by atoms with Gasteiger partial charge < -0.3 is 0 Å². The molecule has 135 valence electrons. The van der Waals surface area contributed by atoms with Crippen molar-refractivity contribution in [3.05, 3.63) is 0 Å². The van der Waals surface area contributed by atoms with Crippen LogP contribution >= 0.6 is 0 Å². The summed E-state index contributed by atoms with van der Waals surface area (Å²) in [6.07, 6.45) is 22.6. The first kappa shape index (κ1) is 22.5. The van der Waals surface area contributed by atoms with Crippen LogP contribution in [0, 0.1) is 11.5 Å². The van der Waals surface area contributed by atoms with Crippen molar-refractivity contribution >= 4 is 4.68 Å². The molecule has 0 amide bonds. The van der Waals surface area contributed by atoms with Gasteiger partial charge in [-0.2, -0.15) is 0 Å². The van der Waals surface area contributed by atoms with E-state index in [1.807, 2.05) is 0 Å². The third-order valence-electron chi connectivity index (χ3n) is 4.17. The van der Waals surface area contributed by atoms with Crippen molar-refractivity contribution < 1.29 is 20.0 Å². The van der Waals surface area contributed by atoms with Gasteiger partial charge in [-0.3, -0.25) is 0 Å². The Hall–Kier alpha value is -0.521. The van der Waals surface area contributed by atoms with Crippen molar-refractivity contribution in [1.82, 2.24) is 4.33 Å². The van der Waals surface area contributed by atoms with Crippen LogP contribution < -0.4 is 4.33 Å². The number of nitrogens with zero attached hydrogens (tertiary/aromatic N) is 1. The Morgan fingerprint density at radius 2 is 1.17 bits per heavy atom. The summed E-state index contributed by atoms with van der Waals surface area (Å²) in [6.45, 7) is 2.27. The van der Waals surface area contributed by atoms with Crippen LogP contribution in [0.15, 0.2) is 0 Å². The van der Waals surface area contributed by atoms with Gasteiger partial charge in [-0.25, -0.2) is 0 Å². The standard InChI is InChI=1S/C18H35O.CHN2.Mn/c1-2-3-4-5-6-7-8-9-10-11-12-13-14-15-16-17-18-19;2-1-3;/h2-17H2,1H3;2H;/q;-1;+1. The van der Waals surface area contributed by atoms with Crippen LogP contribution in [0.25, 0.3) is 0 Å². The maximum atomic E-state index is 11.3. The number of hydrogen-bond donors (Lipinski definition) is 1. The Labute approximate surface area is 150 Å². The summed E-state index contributed by atoms with van der Waals surface area (Å²) in [5.41, 5.74) is 0. The summed E-state index contributed by atoms with van der Waals surface area (Å²) in [5.74, 6) is 0. The Kier molecular flexibility index (Phi) is 19.1. The predicted octanol–water partition coefficient (Wildman–Crippen LogP) is 5.84. The van der Waals surface area contributed by atoms with Crippen LogP contribution in [0.2, 0.25) is 0 Å². The maximum absolute atomic E-state index is 11.3. The van der Waals surface area contributed by atoms with Gasteiger partial charge in [0.1, 0.15) is 0 Å². The van der Waals surface area contributed by atoms with Crippen LogP contribution in [0.4, 0.5) is 0 Å². The first-order valence-electron chi connectivity index (χ1n) is 9.62. The van der Waals surface area contributed by atoms with Crippen LogP contribution in [-0.4, -0.2) is 4.68 Å². The van der Waals surface area contributed by atoms with E-state index in [2.05, 4.69) is 11.3 Å². The van der Waals surface area contributed by atoms with Crippen LogP contribution in [0.5, 0.6) is 0 Å². The molecular formula is C19H36MnN2O. The molecule has 0 bridgehead atoms. The number of hydrogen-bond acceptors (Lipinski definition) is 3. The molecule has 0 aliphatic heterocycles. The number of unbranched alkanes of at least 4 members (excludes halogenated alkanes) is 14. The van der Waals surface area contributed by atoms with Crippen molar-refractivity contribution in [2.45, 2.75) is 110 Å². The fraction of sp³-hybridized carbons (Fsp3) is 0.895. The summed E-state index contributed by atoms with van der Waals surface area (Å²) in [7, 11) is 0. The molecule has 0 aliphatic carbocycles. The van der Waals surface area contributed by atoms with Gasteiger partial charge in [-0.1, -0.05) is 39.0 Å². The monoisotopic (exact) mass is 363 g/mol. The molecule has 23 heavy (non-hydrogen) atoms. The average molecular weight is 363 g/mol. The van der Waals surface area contributed by atoms with Crippen LogP contribution in [0.1, 0.15) is 110 Å². The SMILES string of the molecule is CCCCCCCCCCCCCCCCC[C](=O)[Mn][NH]C#N. The van der Waals surface area contributed by atoms with Gasteiger partial charge >= 0.3 is 111 Å². The van der Waals surface area contributed by atoms with Crippen LogP contribution in [0.3, 0.4) is 0 Å². The van der Waals surface area contributed by atoms with E-state index in [0.29, 0.717) is 6.42 Å². The molecule has 0 rings (SSSR count). The number of carbonyl (C=O) groups excluding carboxylic acids is 1. The van der Waals surface area contributed by atoms with E-state index in [9.17, 15) is 4.79 Å². The van der Waals surface area contributed by atoms with E-state index < -0.39 is 0 Å². The van der Waals surface area contributed by atoms with Gasteiger partial charge in [0.25, 0.3) is 0 Å². The topological polar surface area (TPSA) is 52.9 Å². The van der Waals surface area contributed by atoms with E-state index in [0.717, 1.165) is 12.8 Å². The zero-order chi connectivity index (χ0) is 17.0. The van der Waals surface area contributed by atoms with Gasteiger partial charge in [0, 0.05) is 0 Å². The molecular weight excluding hydrogens is 327 g/mol. The number of nitriles is 1. The summed E-state index contributed by atoms with van der Waals surface area (Å²) in [5, 5.41) is 8.31. The Morgan fingerprint density at radius 1 is 0.783 bits per heavy atom. The molecule has 0 spiro atoms. The van der Waals surface area contributed by atoms with Crippen molar-refractivity contribution in [1.29, 1.82) is 5.26 Å². The van der Waals surface area contributed by atoms with Gasteiger partial charge in [0.15, 0.2) is 0 Å². The summed E-state index contributed by atoms with van der Waals surface area (Å²) in [4.78, 5) is 11.3. The molecule has 4 heteroatoms. The molecule has 1 N–H and O–H groups in total. The first-order chi connectivity index (χ1) is 11.3.